The summed E-state index contributed by atoms with van der Waals surface area (Å²) in [6.45, 7) is 1.06. The SMILES string of the molecule is COc1ccc(S(=O)(=O)N2CCN(C(C(=O)NC(N)=O)c3ccccc3)CC2)cc1. The molecule has 9 nitrogen and oxygen atoms in total. The molecular weight excluding hydrogens is 408 g/mol. The summed E-state index contributed by atoms with van der Waals surface area (Å²) in [6, 6.07) is 13.5. The number of nitrogens with one attached hydrogen (secondary N) is 1. The fourth-order valence-electron chi connectivity index (χ4n) is 3.45. The molecule has 3 amide bonds. The first-order valence-electron chi connectivity index (χ1n) is 9.36. The second-order valence-electron chi connectivity index (χ2n) is 6.78. The Bertz CT molecular complexity index is 988. The highest BCUT2D eigenvalue weighted by molar-refractivity contribution is 7.89. The number of imide groups is 1. The summed E-state index contributed by atoms with van der Waals surface area (Å²) in [5, 5.41) is 2.13. The van der Waals surface area contributed by atoms with Crippen molar-refractivity contribution in [2.75, 3.05) is 33.3 Å². The second-order valence-corrected chi connectivity index (χ2v) is 8.72. The minimum Gasteiger partial charge on any atom is -0.497 e. The molecule has 1 aliphatic heterocycles. The van der Waals surface area contributed by atoms with E-state index in [9.17, 15) is 18.0 Å². The number of hydrogen-bond acceptors (Lipinski definition) is 6. The quantitative estimate of drug-likeness (QED) is 0.701. The van der Waals surface area contributed by atoms with Gasteiger partial charge in [-0.25, -0.2) is 13.2 Å². The molecule has 1 aliphatic rings. The molecule has 3 rings (SSSR count). The standard InChI is InChI=1S/C20H24N4O5S/c1-29-16-7-9-17(10-8-16)30(27,28)24-13-11-23(12-14-24)18(19(25)22-20(21)26)15-5-3-2-4-6-15/h2-10,18H,11-14H2,1H3,(H3,21,22,25,26). The zero-order valence-electron chi connectivity index (χ0n) is 16.5. The number of methoxy groups -OCH3 is 1. The molecule has 0 aliphatic carbocycles. The van der Waals surface area contributed by atoms with E-state index < -0.39 is 28.0 Å². The van der Waals surface area contributed by atoms with E-state index in [1.54, 1.807) is 36.4 Å². The number of nitrogens with zero attached hydrogens (tertiary/aromatic N) is 2. The molecule has 0 spiro atoms. The molecule has 2 aromatic carbocycles. The van der Waals surface area contributed by atoms with E-state index in [1.165, 1.54) is 23.5 Å². The molecule has 1 unspecified atom stereocenters. The van der Waals surface area contributed by atoms with E-state index in [-0.39, 0.29) is 18.0 Å². The van der Waals surface area contributed by atoms with Crippen LogP contribution >= 0.6 is 0 Å². The Labute approximate surface area is 175 Å². The molecule has 10 heteroatoms. The van der Waals surface area contributed by atoms with Crippen LogP contribution in [0.3, 0.4) is 0 Å². The Morgan fingerprint density at radius 1 is 1.00 bits per heavy atom. The van der Waals surface area contributed by atoms with Gasteiger partial charge in [-0.05, 0) is 29.8 Å². The van der Waals surface area contributed by atoms with Crippen molar-refractivity contribution >= 4 is 22.0 Å². The molecule has 1 fully saturated rings. The van der Waals surface area contributed by atoms with Gasteiger partial charge in [-0.3, -0.25) is 15.0 Å². The predicted molar refractivity (Wildman–Crippen MR) is 110 cm³/mol. The molecular formula is C20H24N4O5S. The minimum atomic E-state index is -3.66. The number of amides is 3. The molecule has 30 heavy (non-hydrogen) atoms. The van der Waals surface area contributed by atoms with Crippen LogP contribution in [0.1, 0.15) is 11.6 Å². The van der Waals surface area contributed by atoms with Crippen LogP contribution in [0.2, 0.25) is 0 Å². The van der Waals surface area contributed by atoms with Crippen molar-refractivity contribution in [1.82, 2.24) is 14.5 Å². The van der Waals surface area contributed by atoms with Crippen LogP contribution in [0.4, 0.5) is 4.79 Å². The highest BCUT2D eigenvalue weighted by Gasteiger charge is 2.34. The Hall–Kier alpha value is -2.95. The zero-order chi connectivity index (χ0) is 21.7. The topological polar surface area (TPSA) is 122 Å². The Kier molecular flexibility index (Phi) is 6.70. The zero-order valence-corrected chi connectivity index (χ0v) is 17.3. The van der Waals surface area contributed by atoms with Crippen LogP contribution in [-0.2, 0) is 14.8 Å². The van der Waals surface area contributed by atoms with Gasteiger partial charge >= 0.3 is 6.03 Å². The average Bonchev–Trinajstić information content (AvgIpc) is 2.74. The van der Waals surface area contributed by atoms with Crippen LogP contribution in [0.5, 0.6) is 5.75 Å². The summed E-state index contributed by atoms with van der Waals surface area (Å²) in [5.41, 5.74) is 5.81. The number of urea groups is 1. The lowest BCUT2D eigenvalue weighted by Crippen LogP contribution is -2.53. The van der Waals surface area contributed by atoms with E-state index >= 15 is 0 Å². The number of ether oxygens (including phenoxy) is 1. The van der Waals surface area contributed by atoms with Gasteiger partial charge < -0.3 is 10.5 Å². The molecule has 3 N–H and O–H groups in total. The van der Waals surface area contributed by atoms with E-state index in [4.69, 9.17) is 10.5 Å². The van der Waals surface area contributed by atoms with Gasteiger partial charge in [0.15, 0.2) is 0 Å². The highest BCUT2D eigenvalue weighted by atomic mass is 32.2. The van der Waals surface area contributed by atoms with Gasteiger partial charge in [-0.1, -0.05) is 30.3 Å². The largest absolute Gasteiger partial charge is 0.497 e. The Balaban J connectivity index is 1.75. The number of piperazine rings is 1. The molecule has 0 bridgehead atoms. The van der Waals surface area contributed by atoms with Gasteiger partial charge in [0.05, 0.1) is 12.0 Å². The van der Waals surface area contributed by atoms with Crippen LogP contribution in [0, 0.1) is 0 Å². The van der Waals surface area contributed by atoms with Crippen molar-refractivity contribution < 1.29 is 22.7 Å². The second kappa shape index (κ2) is 9.24. The summed E-state index contributed by atoms with van der Waals surface area (Å²) in [5.74, 6) is 0.0325. The molecule has 0 radical (unpaired) electrons. The van der Waals surface area contributed by atoms with E-state index in [1.807, 2.05) is 11.0 Å². The van der Waals surface area contributed by atoms with E-state index in [2.05, 4.69) is 5.32 Å². The molecule has 1 saturated heterocycles. The van der Waals surface area contributed by atoms with Crippen molar-refractivity contribution in [1.29, 1.82) is 0 Å². The molecule has 0 saturated carbocycles. The van der Waals surface area contributed by atoms with Crippen molar-refractivity contribution in [2.45, 2.75) is 10.9 Å². The van der Waals surface area contributed by atoms with E-state index in [0.717, 1.165) is 0 Å². The smallest absolute Gasteiger partial charge is 0.318 e. The van der Waals surface area contributed by atoms with Crippen LogP contribution in [-0.4, -0.2) is 62.9 Å². The number of nitrogens with two attached hydrogens (primary N) is 1. The summed E-state index contributed by atoms with van der Waals surface area (Å²) < 4.78 is 32.3. The highest BCUT2D eigenvalue weighted by Crippen LogP contribution is 2.25. The summed E-state index contributed by atoms with van der Waals surface area (Å²) in [4.78, 5) is 25.8. The van der Waals surface area contributed by atoms with Gasteiger partial charge in [0.1, 0.15) is 11.8 Å². The van der Waals surface area contributed by atoms with Gasteiger partial charge in [0.2, 0.25) is 15.9 Å². The van der Waals surface area contributed by atoms with Gasteiger partial charge in [0, 0.05) is 26.2 Å². The number of primary amides is 1. The predicted octanol–water partition coefficient (Wildman–Crippen LogP) is 0.938. The Morgan fingerprint density at radius 3 is 2.13 bits per heavy atom. The maximum atomic E-state index is 12.9. The third-order valence-corrected chi connectivity index (χ3v) is 6.86. The lowest BCUT2D eigenvalue weighted by molar-refractivity contribution is -0.126. The number of carbonyl (C=O) groups is 2. The third-order valence-electron chi connectivity index (χ3n) is 4.95. The fraction of sp³-hybridized carbons (Fsp3) is 0.300. The average molecular weight is 433 g/mol. The third kappa shape index (κ3) is 4.78. The van der Waals surface area contributed by atoms with Crippen molar-refractivity contribution in [2.24, 2.45) is 5.73 Å². The lowest BCUT2D eigenvalue weighted by atomic mass is 10.0. The maximum absolute atomic E-state index is 12.9. The summed E-state index contributed by atoms with van der Waals surface area (Å²) >= 11 is 0. The number of carbonyl (C=O) groups excluding carboxylic acids is 2. The van der Waals surface area contributed by atoms with Crippen molar-refractivity contribution in [3.05, 3.63) is 60.2 Å². The summed E-state index contributed by atoms with van der Waals surface area (Å²) in [6.07, 6.45) is 0. The van der Waals surface area contributed by atoms with Crippen LogP contribution < -0.4 is 15.8 Å². The number of benzene rings is 2. The number of rotatable bonds is 6. The molecule has 1 heterocycles. The van der Waals surface area contributed by atoms with Crippen molar-refractivity contribution in [3.8, 4) is 5.75 Å². The molecule has 2 aromatic rings. The van der Waals surface area contributed by atoms with Crippen molar-refractivity contribution in [3.63, 3.8) is 0 Å². The Morgan fingerprint density at radius 2 is 1.60 bits per heavy atom. The van der Waals surface area contributed by atoms with E-state index in [0.29, 0.717) is 24.4 Å². The fourth-order valence-corrected chi connectivity index (χ4v) is 4.87. The van der Waals surface area contributed by atoms with Crippen LogP contribution in [0.25, 0.3) is 0 Å². The van der Waals surface area contributed by atoms with Gasteiger partial charge in [-0.2, -0.15) is 4.31 Å². The number of sulfonamides is 1. The molecule has 160 valence electrons. The first-order valence-corrected chi connectivity index (χ1v) is 10.8. The molecule has 0 aromatic heterocycles. The van der Waals surface area contributed by atoms with Gasteiger partial charge in [0.25, 0.3) is 0 Å². The van der Waals surface area contributed by atoms with Gasteiger partial charge in [-0.15, -0.1) is 0 Å². The summed E-state index contributed by atoms with van der Waals surface area (Å²) in [7, 11) is -2.15. The van der Waals surface area contributed by atoms with Crippen LogP contribution in [0.15, 0.2) is 59.5 Å². The first-order chi connectivity index (χ1) is 14.3. The number of hydrogen-bond donors (Lipinski definition) is 2. The first kappa shape index (κ1) is 21.8. The lowest BCUT2D eigenvalue weighted by Gasteiger charge is -2.38. The maximum Gasteiger partial charge on any atom is 0.318 e. The minimum absolute atomic E-state index is 0.183. The normalized spacial score (nSPS) is 16.6. The molecule has 1 atom stereocenters. The monoisotopic (exact) mass is 432 g/mol.